The fourth-order valence-electron chi connectivity index (χ4n) is 3.19. The summed E-state index contributed by atoms with van der Waals surface area (Å²) in [5.74, 6) is 0. The van der Waals surface area contributed by atoms with Gasteiger partial charge in [0, 0.05) is 24.8 Å². The third kappa shape index (κ3) is 3.60. The Bertz CT molecular complexity index is 1020. The van der Waals surface area contributed by atoms with E-state index in [1.54, 1.807) is 12.1 Å². The number of hydrogen-bond acceptors (Lipinski definition) is 4. The number of aromatic nitrogens is 3. The van der Waals surface area contributed by atoms with E-state index in [9.17, 15) is 18.0 Å². The van der Waals surface area contributed by atoms with Crippen LogP contribution in [0.1, 0.15) is 5.56 Å². The van der Waals surface area contributed by atoms with Crippen molar-refractivity contribution in [2.24, 2.45) is 0 Å². The van der Waals surface area contributed by atoms with Gasteiger partial charge in [-0.3, -0.25) is 9.55 Å². The van der Waals surface area contributed by atoms with Gasteiger partial charge in [0.2, 0.25) is 0 Å². The van der Waals surface area contributed by atoms with Crippen LogP contribution < -0.4 is 11.0 Å². The van der Waals surface area contributed by atoms with Crippen molar-refractivity contribution in [1.29, 1.82) is 0 Å². The van der Waals surface area contributed by atoms with Crippen LogP contribution in [0.25, 0.3) is 22.3 Å². The first kappa shape index (κ1) is 17.7. The summed E-state index contributed by atoms with van der Waals surface area (Å²) in [5.41, 5.74) is 0.753. The summed E-state index contributed by atoms with van der Waals surface area (Å²) in [4.78, 5) is 19.2. The number of halogens is 3. The summed E-state index contributed by atoms with van der Waals surface area (Å²) in [6, 6.07) is 6.71. The molecule has 1 saturated heterocycles. The normalized spacial score (nSPS) is 18.1. The number of benzene rings is 1. The number of ether oxygens (including phenoxy) is 1. The predicted octanol–water partition coefficient (Wildman–Crippen LogP) is 2.40. The van der Waals surface area contributed by atoms with Crippen molar-refractivity contribution in [3.63, 3.8) is 0 Å². The lowest BCUT2D eigenvalue weighted by Gasteiger charge is -2.23. The number of hydrogen-bond donors (Lipinski definition) is 2. The van der Waals surface area contributed by atoms with Crippen LogP contribution in [0.2, 0.25) is 0 Å². The molecule has 6 nitrogen and oxygen atoms in total. The summed E-state index contributed by atoms with van der Waals surface area (Å²) in [6.45, 7) is 2.29. The summed E-state index contributed by atoms with van der Waals surface area (Å²) in [6.07, 6.45) is -3.13. The lowest BCUT2D eigenvalue weighted by molar-refractivity contribution is -0.137. The maximum Gasteiger partial charge on any atom is 0.416 e. The highest BCUT2D eigenvalue weighted by Gasteiger charge is 2.30. The van der Waals surface area contributed by atoms with Crippen molar-refractivity contribution < 1.29 is 17.9 Å². The maximum absolute atomic E-state index is 13.0. The Morgan fingerprint density at radius 2 is 2.11 bits per heavy atom. The van der Waals surface area contributed by atoms with E-state index in [0.717, 1.165) is 18.7 Å². The van der Waals surface area contributed by atoms with Crippen molar-refractivity contribution in [3.05, 3.63) is 52.6 Å². The summed E-state index contributed by atoms with van der Waals surface area (Å²) >= 11 is 0. The molecule has 0 radical (unpaired) electrons. The lowest BCUT2D eigenvalue weighted by Crippen LogP contribution is -2.42. The highest BCUT2D eigenvalue weighted by molar-refractivity contribution is 5.78. The van der Waals surface area contributed by atoms with Crippen molar-refractivity contribution in [2.45, 2.75) is 18.8 Å². The Morgan fingerprint density at radius 3 is 2.85 bits per heavy atom. The molecule has 2 aromatic heterocycles. The van der Waals surface area contributed by atoms with Gasteiger partial charge in [0.15, 0.2) is 5.65 Å². The first-order chi connectivity index (χ1) is 12.9. The molecule has 3 aromatic rings. The topological polar surface area (TPSA) is 71.9 Å². The molecule has 0 bridgehead atoms. The Labute approximate surface area is 152 Å². The number of aromatic amines is 1. The molecule has 9 heteroatoms. The Hall–Kier alpha value is -2.65. The van der Waals surface area contributed by atoms with Gasteiger partial charge in [-0.2, -0.15) is 13.2 Å². The van der Waals surface area contributed by atoms with E-state index < -0.39 is 11.7 Å². The van der Waals surface area contributed by atoms with Gasteiger partial charge in [0.25, 0.3) is 0 Å². The summed E-state index contributed by atoms with van der Waals surface area (Å²) < 4.78 is 46.1. The smallest absolute Gasteiger partial charge is 0.374 e. The fourth-order valence-corrected chi connectivity index (χ4v) is 3.19. The Kier molecular flexibility index (Phi) is 4.48. The maximum atomic E-state index is 13.0. The Balaban J connectivity index is 1.73. The SMILES string of the molecule is O=c1[nH]c2ncc(-c3cccc(C(F)(F)F)c3)cc2n1CC1CNCCO1. The molecule has 27 heavy (non-hydrogen) atoms. The summed E-state index contributed by atoms with van der Waals surface area (Å²) in [5, 5.41) is 3.20. The van der Waals surface area contributed by atoms with Crippen LogP contribution in [-0.4, -0.2) is 40.3 Å². The molecule has 0 aliphatic carbocycles. The van der Waals surface area contributed by atoms with Crippen molar-refractivity contribution in [1.82, 2.24) is 19.9 Å². The third-order valence-electron chi connectivity index (χ3n) is 4.54. The average molecular weight is 378 g/mol. The van der Waals surface area contributed by atoms with Crippen molar-refractivity contribution in [2.75, 3.05) is 19.7 Å². The molecule has 3 heterocycles. The number of nitrogens with one attached hydrogen (secondary N) is 2. The van der Waals surface area contributed by atoms with Gasteiger partial charge in [-0.1, -0.05) is 12.1 Å². The predicted molar refractivity (Wildman–Crippen MR) is 93.4 cm³/mol. The van der Waals surface area contributed by atoms with Gasteiger partial charge < -0.3 is 10.1 Å². The number of H-pyrrole nitrogens is 1. The second-order valence-electron chi connectivity index (χ2n) is 6.41. The van der Waals surface area contributed by atoms with Crippen LogP contribution >= 0.6 is 0 Å². The van der Waals surface area contributed by atoms with Crippen molar-refractivity contribution in [3.8, 4) is 11.1 Å². The largest absolute Gasteiger partial charge is 0.416 e. The van der Waals surface area contributed by atoms with Crippen LogP contribution in [0.3, 0.4) is 0 Å². The molecule has 1 aromatic carbocycles. The molecule has 0 saturated carbocycles. The van der Waals surface area contributed by atoms with Gasteiger partial charge in [-0.05, 0) is 23.8 Å². The minimum atomic E-state index is -4.42. The minimum Gasteiger partial charge on any atom is -0.374 e. The molecule has 2 N–H and O–H groups in total. The van der Waals surface area contributed by atoms with E-state index >= 15 is 0 Å². The van der Waals surface area contributed by atoms with Gasteiger partial charge in [-0.25, -0.2) is 9.78 Å². The molecule has 142 valence electrons. The standard InChI is InChI=1S/C18H17F3N4O2/c19-18(20,21)13-3-1-2-11(6-13)12-7-15-16(23-8-12)24-17(26)25(15)10-14-9-22-4-5-27-14/h1-3,6-8,14,22H,4-5,9-10H2,(H,23,24,26). The number of fused-ring (bicyclic) bond motifs is 1. The minimum absolute atomic E-state index is 0.160. The zero-order valence-corrected chi connectivity index (χ0v) is 14.2. The van der Waals surface area contributed by atoms with Crippen molar-refractivity contribution >= 4 is 11.2 Å². The molecule has 1 unspecified atom stereocenters. The average Bonchev–Trinajstić information content (AvgIpc) is 2.97. The molecule has 1 atom stereocenters. The first-order valence-electron chi connectivity index (χ1n) is 8.50. The second kappa shape index (κ2) is 6.82. The monoisotopic (exact) mass is 378 g/mol. The van der Waals surface area contributed by atoms with E-state index in [4.69, 9.17) is 4.74 Å². The molecule has 0 amide bonds. The van der Waals surface area contributed by atoms with Crippen LogP contribution in [-0.2, 0) is 17.5 Å². The number of rotatable bonds is 3. The van der Waals surface area contributed by atoms with E-state index in [2.05, 4.69) is 15.3 Å². The number of alkyl halides is 3. The van der Waals surface area contributed by atoms with E-state index in [1.165, 1.54) is 16.8 Å². The highest BCUT2D eigenvalue weighted by Crippen LogP contribution is 2.32. The van der Waals surface area contributed by atoms with Gasteiger partial charge in [-0.15, -0.1) is 0 Å². The fraction of sp³-hybridized carbons (Fsp3) is 0.333. The zero-order chi connectivity index (χ0) is 19.0. The molecule has 1 aliphatic rings. The summed E-state index contributed by atoms with van der Waals surface area (Å²) in [7, 11) is 0. The first-order valence-corrected chi connectivity index (χ1v) is 8.50. The van der Waals surface area contributed by atoms with E-state index in [1.807, 2.05) is 0 Å². The zero-order valence-electron chi connectivity index (χ0n) is 14.2. The number of imidazole rings is 1. The molecule has 1 aliphatic heterocycles. The van der Waals surface area contributed by atoms with Gasteiger partial charge in [0.1, 0.15) is 0 Å². The lowest BCUT2D eigenvalue weighted by atomic mass is 10.0. The molecular formula is C18H17F3N4O2. The van der Waals surface area contributed by atoms with Gasteiger partial charge >= 0.3 is 11.9 Å². The van der Waals surface area contributed by atoms with Crippen LogP contribution in [0, 0.1) is 0 Å². The van der Waals surface area contributed by atoms with Crippen LogP contribution in [0.5, 0.6) is 0 Å². The molecule has 1 fully saturated rings. The highest BCUT2D eigenvalue weighted by atomic mass is 19.4. The number of morpholine rings is 1. The Morgan fingerprint density at radius 1 is 1.26 bits per heavy atom. The number of pyridine rings is 1. The van der Waals surface area contributed by atoms with Crippen LogP contribution in [0.4, 0.5) is 13.2 Å². The number of nitrogens with zero attached hydrogens (tertiary/aromatic N) is 2. The molecule has 0 spiro atoms. The second-order valence-corrected chi connectivity index (χ2v) is 6.41. The molecular weight excluding hydrogens is 361 g/mol. The third-order valence-corrected chi connectivity index (χ3v) is 4.54. The molecule has 4 rings (SSSR count). The van der Waals surface area contributed by atoms with Gasteiger partial charge in [0.05, 0.1) is 30.3 Å². The van der Waals surface area contributed by atoms with E-state index in [0.29, 0.717) is 42.0 Å². The van der Waals surface area contributed by atoms with E-state index in [-0.39, 0.29) is 11.8 Å². The van der Waals surface area contributed by atoms with Crippen LogP contribution in [0.15, 0.2) is 41.3 Å². The quantitative estimate of drug-likeness (QED) is 0.734.